The highest BCUT2D eigenvalue weighted by Crippen LogP contribution is 2.22. The molecule has 0 fully saturated rings. The van der Waals surface area contributed by atoms with Crippen molar-refractivity contribution in [2.45, 2.75) is 26.3 Å². The highest BCUT2D eigenvalue weighted by molar-refractivity contribution is 6.04. The summed E-state index contributed by atoms with van der Waals surface area (Å²) in [6.45, 7) is 8.06. The maximum atomic E-state index is 12.6. The fourth-order valence-corrected chi connectivity index (χ4v) is 1.96. The molecule has 0 aromatic heterocycles. The smallest absolute Gasteiger partial charge is 0.305 e. The average molecular weight is 291 g/mol. The standard InChI is InChI=1S/C16H21NO4/c1-4-8-17-13(10-15(18)19)16(20)12-9-11(3)6-7-14(12)21-5-2/h4,6-7,9,13,17H,1,5,8,10H2,2-3H3,(H,18,19). The summed E-state index contributed by atoms with van der Waals surface area (Å²) in [5.74, 6) is -0.842. The van der Waals surface area contributed by atoms with Crippen LogP contribution in [0.3, 0.4) is 0 Å². The number of rotatable bonds is 9. The van der Waals surface area contributed by atoms with E-state index < -0.39 is 12.0 Å². The molecule has 0 aliphatic heterocycles. The van der Waals surface area contributed by atoms with Crippen LogP contribution in [0.25, 0.3) is 0 Å². The maximum Gasteiger partial charge on any atom is 0.305 e. The Morgan fingerprint density at radius 1 is 1.48 bits per heavy atom. The molecule has 1 atom stereocenters. The quantitative estimate of drug-likeness (QED) is 0.539. The van der Waals surface area contributed by atoms with Crippen molar-refractivity contribution in [3.63, 3.8) is 0 Å². The highest BCUT2D eigenvalue weighted by atomic mass is 16.5. The minimum absolute atomic E-state index is 0.286. The van der Waals surface area contributed by atoms with Gasteiger partial charge in [-0.05, 0) is 26.0 Å². The van der Waals surface area contributed by atoms with E-state index in [-0.39, 0.29) is 12.2 Å². The van der Waals surface area contributed by atoms with Gasteiger partial charge < -0.3 is 15.2 Å². The summed E-state index contributed by atoms with van der Waals surface area (Å²) >= 11 is 0. The molecule has 5 nitrogen and oxygen atoms in total. The number of ether oxygens (including phenoxy) is 1. The van der Waals surface area contributed by atoms with Crippen molar-refractivity contribution in [2.75, 3.05) is 13.2 Å². The van der Waals surface area contributed by atoms with Crippen molar-refractivity contribution in [2.24, 2.45) is 0 Å². The van der Waals surface area contributed by atoms with Crippen LogP contribution in [-0.2, 0) is 4.79 Å². The van der Waals surface area contributed by atoms with E-state index >= 15 is 0 Å². The van der Waals surface area contributed by atoms with E-state index in [0.29, 0.717) is 24.5 Å². The number of aliphatic carboxylic acids is 1. The summed E-state index contributed by atoms with van der Waals surface area (Å²) in [4.78, 5) is 23.5. The molecule has 21 heavy (non-hydrogen) atoms. The van der Waals surface area contributed by atoms with Gasteiger partial charge in [0, 0.05) is 6.54 Å². The lowest BCUT2D eigenvalue weighted by atomic mass is 9.99. The molecule has 0 saturated heterocycles. The van der Waals surface area contributed by atoms with Crippen LogP contribution in [0, 0.1) is 6.92 Å². The number of aryl methyl sites for hydroxylation is 1. The monoisotopic (exact) mass is 291 g/mol. The third kappa shape index (κ3) is 5.04. The number of hydrogen-bond acceptors (Lipinski definition) is 4. The average Bonchev–Trinajstić information content (AvgIpc) is 2.44. The van der Waals surface area contributed by atoms with E-state index in [4.69, 9.17) is 9.84 Å². The van der Waals surface area contributed by atoms with Crippen molar-refractivity contribution >= 4 is 11.8 Å². The van der Waals surface area contributed by atoms with E-state index in [2.05, 4.69) is 11.9 Å². The molecule has 0 aliphatic carbocycles. The SMILES string of the molecule is C=CCNC(CC(=O)O)C(=O)c1cc(C)ccc1OCC. The number of carboxylic acids is 1. The van der Waals surface area contributed by atoms with Crippen molar-refractivity contribution in [1.82, 2.24) is 5.32 Å². The van der Waals surface area contributed by atoms with Crippen LogP contribution in [0.4, 0.5) is 0 Å². The molecule has 0 bridgehead atoms. The van der Waals surface area contributed by atoms with E-state index in [0.717, 1.165) is 5.56 Å². The predicted octanol–water partition coefficient (Wildman–Crippen LogP) is 2.20. The number of carbonyl (C=O) groups is 2. The van der Waals surface area contributed by atoms with Crippen LogP contribution in [0.2, 0.25) is 0 Å². The zero-order valence-corrected chi connectivity index (χ0v) is 12.4. The van der Waals surface area contributed by atoms with Gasteiger partial charge in [-0.3, -0.25) is 9.59 Å². The van der Waals surface area contributed by atoms with Crippen LogP contribution < -0.4 is 10.1 Å². The second-order valence-electron chi connectivity index (χ2n) is 4.64. The lowest BCUT2D eigenvalue weighted by Gasteiger charge is -2.17. The molecule has 1 aromatic rings. The van der Waals surface area contributed by atoms with E-state index in [1.807, 2.05) is 19.9 Å². The second kappa shape index (κ2) is 8.21. The Balaban J connectivity index is 3.08. The summed E-state index contributed by atoms with van der Waals surface area (Å²) in [5.41, 5.74) is 1.32. The minimum Gasteiger partial charge on any atom is -0.493 e. The van der Waals surface area contributed by atoms with Gasteiger partial charge in [0.05, 0.1) is 24.6 Å². The fraction of sp³-hybridized carbons (Fsp3) is 0.375. The zero-order valence-electron chi connectivity index (χ0n) is 12.4. The number of ketones is 1. The molecule has 114 valence electrons. The molecule has 5 heteroatoms. The summed E-state index contributed by atoms with van der Waals surface area (Å²) < 4.78 is 5.46. The molecular formula is C16H21NO4. The number of nitrogens with one attached hydrogen (secondary N) is 1. The lowest BCUT2D eigenvalue weighted by molar-refractivity contribution is -0.137. The zero-order chi connectivity index (χ0) is 15.8. The van der Waals surface area contributed by atoms with Crippen molar-refractivity contribution in [1.29, 1.82) is 0 Å². The molecule has 1 rings (SSSR count). The molecule has 1 aromatic carbocycles. The lowest BCUT2D eigenvalue weighted by Crippen LogP contribution is -2.39. The van der Waals surface area contributed by atoms with E-state index in [9.17, 15) is 9.59 Å². The van der Waals surface area contributed by atoms with Gasteiger partial charge in [-0.25, -0.2) is 0 Å². The van der Waals surface area contributed by atoms with Crippen molar-refractivity contribution < 1.29 is 19.4 Å². The molecule has 0 heterocycles. The Kier molecular flexibility index (Phi) is 6.62. The first kappa shape index (κ1) is 16.9. The Hall–Kier alpha value is -2.14. The first-order valence-corrected chi connectivity index (χ1v) is 6.83. The summed E-state index contributed by atoms with van der Waals surface area (Å²) in [5, 5.41) is 11.8. The minimum atomic E-state index is -1.03. The number of carboxylic acid groups (broad SMARTS) is 1. The van der Waals surface area contributed by atoms with Gasteiger partial charge in [-0.1, -0.05) is 17.7 Å². The van der Waals surface area contributed by atoms with Crippen LogP contribution >= 0.6 is 0 Å². The fourth-order valence-electron chi connectivity index (χ4n) is 1.96. The molecule has 0 amide bonds. The Bertz CT molecular complexity index is 525. The number of carbonyl (C=O) groups excluding carboxylic acids is 1. The highest BCUT2D eigenvalue weighted by Gasteiger charge is 2.24. The van der Waals surface area contributed by atoms with Crippen LogP contribution in [-0.4, -0.2) is 36.1 Å². The van der Waals surface area contributed by atoms with E-state index in [1.165, 1.54) is 0 Å². The maximum absolute atomic E-state index is 12.6. The second-order valence-corrected chi connectivity index (χ2v) is 4.64. The molecule has 1 unspecified atom stereocenters. The van der Waals surface area contributed by atoms with Gasteiger partial charge in [0.2, 0.25) is 0 Å². The largest absolute Gasteiger partial charge is 0.493 e. The van der Waals surface area contributed by atoms with Crippen LogP contribution in [0.1, 0.15) is 29.3 Å². The molecule has 0 saturated carbocycles. The third-order valence-corrected chi connectivity index (χ3v) is 2.90. The molecule has 0 radical (unpaired) electrons. The van der Waals surface area contributed by atoms with Gasteiger partial charge in [-0.15, -0.1) is 6.58 Å². The Morgan fingerprint density at radius 2 is 2.19 bits per heavy atom. The first-order valence-electron chi connectivity index (χ1n) is 6.83. The number of Topliss-reactive ketones (excluding diaryl/α,β-unsaturated/α-hetero) is 1. The molecule has 2 N–H and O–H groups in total. The summed E-state index contributed by atoms with van der Waals surface area (Å²) in [6, 6.07) is 4.50. The van der Waals surface area contributed by atoms with Gasteiger partial charge in [0.15, 0.2) is 5.78 Å². The van der Waals surface area contributed by atoms with Gasteiger partial charge in [0.25, 0.3) is 0 Å². The first-order chi connectivity index (χ1) is 9.99. The normalized spacial score (nSPS) is 11.7. The Labute approximate surface area is 124 Å². The van der Waals surface area contributed by atoms with Crippen molar-refractivity contribution in [3.05, 3.63) is 42.0 Å². The van der Waals surface area contributed by atoms with Gasteiger partial charge in [0.1, 0.15) is 5.75 Å². The van der Waals surface area contributed by atoms with Crippen LogP contribution in [0.5, 0.6) is 5.75 Å². The van der Waals surface area contributed by atoms with E-state index in [1.54, 1.807) is 18.2 Å². The Morgan fingerprint density at radius 3 is 2.76 bits per heavy atom. The van der Waals surface area contributed by atoms with Gasteiger partial charge in [-0.2, -0.15) is 0 Å². The molecule has 0 spiro atoms. The third-order valence-electron chi connectivity index (χ3n) is 2.90. The molecular weight excluding hydrogens is 270 g/mol. The van der Waals surface area contributed by atoms with Crippen LogP contribution in [0.15, 0.2) is 30.9 Å². The summed E-state index contributed by atoms with van der Waals surface area (Å²) in [7, 11) is 0. The summed E-state index contributed by atoms with van der Waals surface area (Å²) in [6.07, 6.45) is 1.30. The number of hydrogen-bond donors (Lipinski definition) is 2. The predicted molar refractivity (Wildman–Crippen MR) is 80.9 cm³/mol. The number of benzene rings is 1. The molecule has 0 aliphatic rings. The van der Waals surface area contributed by atoms with Gasteiger partial charge >= 0.3 is 5.97 Å². The topological polar surface area (TPSA) is 75.6 Å². The van der Waals surface area contributed by atoms with Crippen molar-refractivity contribution in [3.8, 4) is 5.75 Å².